The molecule has 0 amide bonds. The van der Waals surface area contributed by atoms with Gasteiger partial charge in [0.05, 0.1) is 27.9 Å². The van der Waals surface area contributed by atoms with E-state index in [1.54, 1.807) is 40.8 Å². The zero-order valence-electron chi connectivity index (χ0n) is 18.4. The third-order valence-corrected chi connectivity index (χ3v) is 4.94. The van der Waals surface area contributed by atoms with Gasteiger partial charge in [0.25, 0.3) is 0 Å². The molecule has 0 N–H and O–H groups in total. The molecule has 0 bridgehead atoms. The first kappa shape index (κ1) is 21.5. The van der Waals surface area contributed by atoms with Crippen molar-refractivity contribution in [1.82, 2.24) is 9.97 Å². The van der Waals surface area contributed by atoms with Crippen LogP contribution < -0.4 is 18.9 Å². The van der Waals surface area contributed by atoms with Gasteiger partial charge in [0, 0.05) is 42.8 Å². The van der Waals surface area contributed by atoms with Gasteiger partial charge in [0.15, 0.2) is 17.1 Å². The number of fused-ring (bicyclic) bond motifs is 1. The molecule has 0 unspecified atom stereocenters. The van der Waals surface area contributed by atoms with Gasteiger partial charge in [0.2, 0.25) is 11.6 Å². The quantitative estimate of drug-likeness (QED) is 0.352. The molecule has 1 aromatic carbocycles. The van der Waals surface area contributed by atoms with Gasteiger partial charge in [0.1, 0.15) is 17.9 Å². The van der Waals surface area contributed by atoms with Gasteiger partial charge < -0.3 is 28.1 Å². The molecule has 4 rings (SSSR count). The maximum absolute atomic E-state index is 6.25. The van der Waals surface area contributed by atoms with Gasteiger partial charge in [-0.25, -0.2) is 4.98 Å². The van der Waals surface area contributed by atoms with Gasteiger partial charge in [-0.3, -0.25) is 4.98 Å². The van der Waals surface area contributed by atoms with Crippen molar-refractivity contribution in [3.8, 4) is 45.6 Å². The molecule has 8 nitrogen and oxygen atoms in total. The molecular formula is C24H24N2O6. The van der Waals surface area contributed by atoms with Crippen molar-refractivity contribution in [3.05, 3.63) is 48.8 Å². The Morgan fingerprint density at radius 2 is 1.53 bits per heavy atom. The third kappa shape index (κ3) is 4.17. The SMILES string of the molecule is COCCOc1cc(-c2ccnc3cc(-c4cc(OC)c(OC)c(OC)c4)oc23)ccn1. The normalized spacial score (nSPS) is 10.9. The van der Waals surface area contributed by atoms with Gasteiger partial charge in [-0.05, 0) is 29.8 Å². The van der Waals surface area contributed by atoms with Gasteiger partial charge in [-0.15, -0.1) is 0 Å². The molecule has 4 aromatic rings. The molecule has 0 aliphatic heterocycles. The van der Waals surface area contributed by atoms with Crippen molar-refractivity contribution in [2.24, 2.45) is 0 Å². The van der Waals surface area contributed by atoms with E-state index in [-0.39, 0.29) is 0 Å². The van der Waals surface area contributed by atoms with Crippen LogP contribution in [0.4, 0.5) is 0 Å². The van der Waals surface area contributed by atoms with Crippen LogP contribution in [0.1, 0.15) is 0 Å². The monoisotopic (exact) mass is 436 g/mol. The molecule has 3 aromatic heterocycles. The first-order valence-corrected chi connectivity index (χ1v) is 9.95. The first-order chi connectivity index (χ1) is 15.7. The van der Waals surface area contributed by atoms with Crippen LogP contribution in [-0.4, -0.2) is 51.6 Å². The zero-order valence-corrected chi connectivity index (χ0v) is 18.4. The van der Waals surface area contributed by atoms with Crippen LogP contribution in [0.25, 0.3) is 33.6 Å². The Bertz CT molecular complexity index is 1200. The minimum atomic E-state index is 0.421. The van der Waals surface area contributed by atoms with Crippen molar-refractivity contribution in [3.63, 3.8) is 0 Å². The van der Waals surface area contributed by atoms with Crippen LogP contribution in [0.2, 0.25) is 0 Å². The van der Waals surface area contributed by atoms with E-state index in [0.717, 1.165) is 22.2 Å². The summed E-state index contributed by atoms with van der Waals surface area (Å²) in [4.78, 5) is 8.73. The molecule has 0 aliphatic rings. The van der Waals surface area contributed by atoms with E-state index in [1.807, 2.05) is 36.4 Å². The maximum atomic E-state index is 6.25. The van der Waals surface area contributed by atoms with E-state index in [2.05, 4.69) is 9.97 Å². The molecular weight excluding hydrogens is 412 g/mol. The Labute approximate surface area is 185 Å². The highest BCUT2D eigenvalue weighted by Gasteiger charge is 2.18. The van der Waals surface area contributed by atoms with Gasteiger partial charge in [-0.1, -0.05) is 0 Å². The Morgan fingerprint density at radius 1 is 0.781 bits per heavy atom. The number of rotatable bonds is 9. The molecule has 166 valence electrons. The molecule has 8 heteroatoms. The van der Waals surface area contributed by atoms with Crippen molar-refractivity contribution in [1.29, 1.82) is 0 Å². The average Bonchev–Trinajstić information content (AvgIpc) is 3.28. The summed E-state index contributed by atoms with van der Waals surface area (Å²) >= 11 is 0. The van der Waals surface area contributed by atoms with E-state index in [1.165, 1.54) is 0 Å². The molecule has 0 aliphatic carbocycles. The predicted octanol–water partition coefficient (Wildman–Crippen LogP) is 4.61. The molecule has 0 saturated heterocycles. The predicted molar refractivity (Wildman–Crippen MR) is 120 cm³/mol. The maximum Gasteiger partial charge on any atom is 0.213 e. The number of ether oxygens (including phenoxy) is 5. The lowest BCUT2D eigenvalue weighted by molar-refractivity contribution is 0.144. The smallest absolute Gasteiger partial charge is 0.213 e. The van der Waals surface area contributed by atoms with Crippen molar-refractivity contribution < 1.29 is 28.1 Å². The summed E-state index contributed by atoms with van der Waals surface area (Å²) in [6.07, 6.45) is 3.45. The number of furan rings is 1. The molecule has 0 fully saturated rings. The van der Waals surface area contributed by atoms with Crippen LogP contribution in [0, 0.1) is 0 Å². The summed E-state index contributed by atoms with van der Waals surface area (Å²) in [5.41, 5.74) is 3.95. The Kier molecular flexibility index (Phi) is 6.42. The summed E-state index contributed by atoms with van der Waals surface area (Å²) in [6, 6.07) is 11.2. The van der Waals surface area contributed by atoms with Crippen molar-refractivity contribution in [2.75, 3.05) is 41.7 Å². The Hall–Kier alpha value is -3.78. The summed E-state index contributed by atoms with van der Waals surface area (Å²) in [6.45, 7) is 0.909. The molecule has 0 atom stereocenters. The highest BCUT2D eigenvalue weighted by Crippen LogP contribution is 2.42. The summed E-state index contributed by atoms with van der Waals surface area (Å²) in [5.74, 6) is 2.75. The summed E-state index contributed by atoms with van der Waals surface area (Å²) in [5, 5.41) is 0. The van der Waals surface area contributed by atoms with Gasteiger partial charge in [-0.2, -0.15) is 0 Å². The van der Waals surface area contributed by atoms with Gasteiger partial charge >= 0.3 is 0 Å². The lowest BCUT2D eigenvalue weighted by Gasteiger charge is -2.13. The number of methoxy groups -OCH3 is 4. The zero-order chi connectivity index (χ0) is 22.5. The van der Waals surface area contributed by atoms with Crippen LogP contribution in [0.3, 0.4) is 0 Å². The Balaban J connectivity index is 1.76. The molecule has 0 radical (unpaired) electrons. The minimum Gasteiger partial charge on any atom is -0.493 e. The van der Waals surface area contributed by atoms with Crippen LogP contribution in [0.15, 0.2) is 53.2 Å². The fraction of sp³-hybridized carbons (Fsp3) is 0.250. The molecule has 0 saturated carbocycles. The largest absolute Gasteiger partial charge is 0.493 e. The number of hydrogen-bond acceptors (Lipinski definition) is 8. The second-order valence-corrected chi connectivity index (χ2v) is 6.82. The van der Waals surface area contributed by atoms with Crippen molar-refractivity contribution >= 4 is 11.1 Å². The highest BCUT2D eigenvalue weighted by molar-refractivity contribution is 5.92. The second-order valence-electron chi connectivity index (χ2n) is 6.82. The minimum absolute atomic E-state index is 0.421. The highest BCUT2D eigenvalue weighted by atomic mass is 16.5. The fourth-order valence-corrected chi connectivity index (χ4v) is 3.42. The van der Waals surface area contributed by atoms with E-state index in [9.17, 15) is 0 Å². The van der Waals surface area contributed by atoms with E-state index >= 15 is 0 Å². The number of pyridine rings is 2. The number of hydrogen-bond donors (Lipinski definition) is 0. The standard InChI is InChI=1S/C24H24N2O6/c1-27-9-10-31-22-13-15(5-7-26-22)17-6-8-25-18-14-19(32-23(17)18)16-11-20(28-2)24(30-4)21(12-16)29-3/h5-8,11-14H,9-10H2,1-4H3. The first-order valence-electron chi connectivity index (χ1n) is 9.95. The third-order valence-electron chi connectivity index (χ3n) is 4.94. The van der Waals surface area contributed by atoms with Crippen LogP contribution >= 0.6 is 0 Å². The molecule has 32 heavy (non-hydrogen) atoms. The van der Waals surface area contributed by atoms with E-state index in [4.69, 9.17) is 28.1 Å². The van der Waals surface area contributed by atoms with Crippen LogP contribution in [0.5, 0.6) is 23.1 Å². The molecule has 3 heterocycles. The van der Waals surface area contributed by atoms with Crippen molar-refractivity contribution in [2.45, 2.75) is 0 Å². The second kappa shape index (κ2) is 9.57. The average molecular weight is 436 g/mol. The lowest BCUT2D eigenvalue weighted by atomic mass is 10.1. The fourth-order valence-electron chi connectivity index (χ4n) is 3.42. The number of benzene rings is 1. The number of nitrogens with zero attached hydrogens (tertiary/aromatic N) is 2. The lowest BCUT2D eigenvalue weighted by Crippen LogP contribution is -2.05. The van der Waals surface area contributed by atoms with Crippen LogP contribution in [-0.2, 0) is 4.74 Å². The summed E-state index contributed by atoms with van der Waals surface area (Å²) < 4.78 is 33.3. The topological polar surface area (TPSA) is 85.1 Å². The number of aromatic nitrogens is 2. The summed E-state index contributed by atoms with van der Waals surface area (Å²) in [7, 11) is 6.35. The van der Waals surface area contributed by atoms with E-state index in [0.29, 0.717) is 47.7 Å². The van der Waals surface area contributed by atoms with E-state index < -0.39 is 0 Å². The Morgan fingerprint density at radius 3 is 2.22 bits per heavy atom. The molecule has 0 spiro atoms.